The van der Waals surface area contributed by atoms with Gasteiger partial charge in [0.15, 0.2) is 0 Å². The number of amides is 3. The molecular formula is C21H39N3O7. The van der Waals surface area contributed by atoms with E-state index in [4.69, 9.17) is 20.3 Å². The number of carboxylic acids is 1. The smallest absolute Gasteiger partial charge is 0.303 e. The second-order valence-electron chi connectivity index (χ2n) is 7.30. The first kappa shape index (κ1) is 28.8. The second-order valence-corrected chi connectivity index (χ2v) is 7.30. The van der Waals surface area contributed by atoms with Gasteiger partial charge in [-0.25, -0.2) is 0 Å². The molecule has 0 saturated heterocycles. The Hall–Kier alpha value is -2.20. The van der Waals surface area contributed by atoms with Crippen LogP contribution in [0, 0.1) is 0 Å². The van der Waals surface area contributed by atoms with Crippen LogP contribution in [0.25, 0.3) is 0 Å². The number of rotatable bonds is 22. The minimum Gasteiger partial charge on any atom is -0.481 e. The van der Waals surface area contributed by atoms with Crippen molar-refractivity contribution in [3.63, 3.8) is 0 Å². The van der Waals surface area contributed by atoms with Crippen LogP contribution in [0.3, 0.4) is 0 Å². The van der Waals surface area contributed by atoms with Crippen molar-refractivity contribution in [1.29, 1.82) is 0 Å². The van der Waals surface area contributed by atoms with E-state index < -0.39 is 11.9 Å². The van der Waals surface area contributed by atoms with Crippen molar-refractivity contribution in [3.8, 4) is 0 Å². The highest BCUT2D eigenvalue weighted by atomic mass is 16.5. The Labute approximate surface area is 184 Å². The summed E-state index contributed by atoms with van der Waals surface area (Å²) in [6, 6.07) is 0. The van der Waals surface area contributed by atoms with Crippen molar-refractivity contribution >= 4 is 23.7 Å². The van der Waals surface area contributed by atoms with Gasteiger partial charge in [0.25, 0.3) is 0 Å². The molecule has 0 aliphatic heterocycles. The highest BCUT2D eigenvalue weighted by Gasteiger charge is 2.03. The van der Waals surface area contributed by atoms with Gasteiger partial charge in [0.1, 0.15) is 6.61 Å². The van der Waals surface area contributed by atoms with Crippen LogP contribution in [0.4, 0.5) is 0 Å². The molecule has 3 amide bonds. The summed E-state index contributed by atoms with van der Waals surface area (Å²) in [5.74, 6) is -1.63. The van der Waals surface area contributed by atoms with Gasteiger partial charge in [-0.15, -0.1) is 0 Å². The van der Waals surface area contributed by atoms with Gasteiger partial charge in [-0.3, -0.25) is 19.2 Å². The van der Waals surface area contributed by atoms with Crippen molar-refractivity contribution in [1.82, 2.24) is 10.6 Å². The lowest BCUT2D eigenvalue weighted by molar-refractivity contribution is -0.137. The quantitative estimate of drug-likeness (QED) is 0.182. The maximum atomic E-state index is 11.6. The minimum absolute atomic E-state index is 0.0104. The molecular weight excluding hydrogens is 406 g/mol. The number of carboxylic acid groups (broad SMARTS) is 1. The van der Waals surface area contributed by atoms with Crippen LogP contribution in [-0.4, -0.2) is 68.3 Å². The molecule has 5 N–H and O–H groups in total. The molecule has 0 unspecified atom stereocenters. The van der Waals surface area contributed by atoms with Crippen molar-refractivity contribution in [3.05, 3.63) is 0 Å². The number of nitrogens with two attached hydrogens (primary N) is 1. The Morgan fingerprint density at radius 2 is 1.23 bits per heavy atom. The third-order valence-corrected chi connectivity index (χ3v) is 4.41. The third kappa shape index (κ3) is 23.9. The molecule has 0 rings (SSSR count). The van der Waals surface area contributed by atoms with E-state index in [1.807, 2.05) is 0 Å². The molecule has 0 aromatic carbocycles. The molecule has 0 radical (unpaired) electrons. The summed E-state index contributed by atoms with van der Waals surface area (Å²) in [5.41, 5.74) is 4.96. The average Bonchev–Trinajstić information content (AvgIpc) is 2.72. The van der Waals surface area contributed by atoms with Crippen LogP contribution in [0.15, 0.2) is 0 Å². The first-order valence-corrected chi connectivity index (χ1v) is 11.1. The number of carbonyl (C=O) groups is 4. The van der Waals surface area contributed by atoms with Gasteiger partial charge in [-0.2, -0.15) is 0 Å². The van der Waals surface area contributed by atoms with E-state index in [0.717, 1.165) is 51.4 Å². The fraction of sp³-hybridized carbons (Fsp3) is 0.810. The number of primary amides is 1. The monoisotopic (exact) mass is 445 g/mol. The zero-order chi connectivity index (χ0) is 23.2. The largest absolute Gasteiger partial charge is 0.481 e. The first-order chi connectivity index (χ1) is 14.9. The maximum absolute atomic E-state index is 11.6. The highest BCUT2D eigenvalue weighted by Crippen LogP contribution is 2.09. The number of carbonyl (C=O) groups excluding carboxylic acids is 3. The minimum atomic E-state index is -0.724. The number of nitrogens with one attached hydrogen (secondary N) is 2. The normalized spacial score (nSPS) is 10.6. The van der Waals surface area contributed by atoms with Crippen LogP contribution < -0.4 is 16.4 Å². The van der Waals surface area contributed by atoms with Gasteiger partial charge in [0.2, 0.25) is 17.7 Å². The number of hydrogen-bond acceptors (Lipinski definition) is 6. The van der Waals surface area contributed by atoms with Gasteiger partial charge < -0.3 is 30.9 Å². The Kier molecular flexibility index (Phi) is 19.6. The molecule has 0 aliphatic rings. The van der Waals surface area contributed by atoms with E-state index in [0.29, 0.717) is 26.3 Å². The Balaban J connectivity index is 3.27. The molecule has 0 aromatic rings. The van der Waals surface area contributed by atoms with Gasteiger partial charge in [-0.05, 0) is 12.8 Å². The molecule has 10 heteroatoms. The van der Waals surface area contributed by atoms with Crippen molar-refractivity contribution in [2.45, 2.75) is 70.6 Å². The summed E-state index contributed by atoms with van der Waals surface area (Å²) in [7, 11) is 0. The zero-order valence-electron chi connectivity index (χ0n) is 18.5. The van der Waals surface area contributed by atoms with E-state index >= 15 is 0 Å². The summed E-state index contributed by atoms with van der Waals surface area (Å²) < 4.78 is 10.5. The molecule has 0 spiro atoms. The summed E-state index contributed by atoms with van der Waals surface area (Å²) in [5, 5.41) is 14.0. The van der Waals surface area contributed by atoms with Crippen LogP contribution in [0.2, 0.25) is 0 Å². The summed E-state index contributed by atoms with van der Waals surface area (Å²) >= 11 is 0. The van der Waals surface area contributed by atoms with Gasteiger partial charge >= 0.3 is 5.97 Å². The number of ether oxygens (including phenoxy) is 2. The lowest BCUT2D eigenvalue weighted by Gasteiger charge is -2.08. The summed E-state index contributed by atoms with van der Waals surface area (Å²) in [6.07, 6.45) is 8.55. The fourth-order valence-electron chi connectivity index (χ4n) is 2.71. The molecule has 0 atom stereocenters. The maximum Gasteiger partial charge on any atom is 0.303 e. The molecule has 0 aliphatic carbocycles. The van der Waals surface area contributed by atoms with E-state index in [9.17, 15) is 19.2 Å². The Morgan fingerprint density at radius 3 is 1.87 bits per heavy atom. The molecule has 31 heavy (non-hydrogen) atoms. The van der Waals surface area contributed by atoms with Crippen LogP contribution in [0.1, 0.15) is 70.6 Å². The number of hydrogen-bond donors (Lipinski definition) is 4. The predicted molar refractivity (Wildman–Crippen MR) is 115 cm³/mol. The highest BCUT2D eigenvalue weighted by molar-refractivity contribution is 5.82. The van der Waals surface area contributed by atoms with Crippen molar-refractivity contribution in [2.75, 3.05) is 39.5 Å². The van der Waals surface area contributed by atoms with E-state index in [-0.39, 0.29) is 44.3 Å². The Bertz CT molecular complexity index is 515. The first-order valence-electron chi connectivity index (χ1n) is 11.1. The predicted octanol–water partition coefficient (Wildman–Crippen LogP) is 1.11. The topological polar surface area (TPSA) is 157 Å². The van der Waals surface area contributed by atoms with Crippen molar-refractivity contribution in [2.24, 2.45) is 5.73 Å². The number of aliphatic carboxylic acids is 1. The molecule has 0 aromatic heterocycles. The summed E-state index contributed by atoms with van der Waals surface area (Å²) in [4.78, 5) is 43.9. The second kappa shape index (κ2) is 21.0. The van der Waals surface area contributed by atoms with Gasteiger partial charge in [0.05, 0.1) is 19.8 Å². The average molecular weight is 446 g/mol. The van der Waals surface area contributed by atoms with E-state index in [2.05, 4.69) is 10.6 Å². The fourth-order valence-corrected chi connectivity index (χ4v) is 2.71. The molecule has 0 saturated carbocycles. The number of unbranched alkanes of at least 4 members (excludes halogenated alkanes) is 7. The van der Waals surface area contributed by atoms with Gasteiger partial charge in [-0.1, -0.05) is 38.5 Å². The lowest BCUT2D eigenvalue weighted by atomic mass is 10.1. The van der Waals surface area contributed by atoms with Crippen molar-refractivity contribution < 1.29 is 33.8 Å². The summed E-state index contributed by atoms with van der Waals surface area (Å²) in [6.45, 7) is 1.88. The zero-order valence-corrected chi connectivity index (χ0v) is 18.5. The lowest BCUT2D eigenvalue weighted by Crippen LogP contribution is -2.30. The standard InChI is InChI=1S/C21H39N3O7/c22-18(25)10-11-19(26)24-13-14-30-15-16-31-17-20(27)23-12-8-6-4-2-1-3-5-7-9-21(28)29/h1-17H2,(H2,22,25)(H,23,27)(H,24,26)(H,28,29). The van der Waals surface area contributed by atoms with Gasteiger partial charge in [0, 0.05) is 32.4 Å². The molecule has 0 heterocycles. The van der Waals surface area contributed by atoms with E-state index in [1.54, 1.807) is 0 Å². The van der Waals surface area contributed by atoms with Crippen LogP contribution >= 0.6 is 0 Å². The Morgan fingerprint density at radius 1 is 0.645 bits per heavy atom. The molecule has 180 valence electrons. The van der Waals surface area contributed by atoms with E-state index in [1.165, 1.54) is 0 Å². The molecule has 10 nitrogen and oxygen atoms in total. The molecule has 0 bridgehead atoms. The van der Waals surface area contributed by atoms with Crippen LogP contribution in [-0.2, 0) is 28.7 Å². The van der Waals surface area contributed by atoms with Crippen LogP contribution in [0.5, 0.6) is 0 Å². The third-order valence-electron chi connectivity index (χ3n) is 4.41. The molecule has 0 fully saturated rings. The SMILES string of the molecule is NC(=O)CCC(=O)NCCOCCOCC(=O)NCCCCCCCCCCC(=O)O.